The third-order valence-electron chi connectivity index (χ3n) is 1.55. The minimum atomic E-state index is -0.474. The topological polar surface area (TPSA) is 78.1 Å². The summed E-state index contributed by atoms with van der Waals surface area (Å²) in [6, 6.07) is 0. The first-order chi connectivity index (χ1) is 7.16. The molecule has 1 heterocycles. The molecule has 0 aromatic carbocycles. The van der Waals surface area contributed by atoms with Crippen molar-refractivity contribution in [3.8, 4) is 0 Å². The van der Waals surface area contributed by atoms with Crippen LogP contribution in [0.25, 0.3) is 0 Å². The molecule has 15 heavy (non-hydrogen) atoms. The van der Waals surface area contributed by atoms with E-state index in [0.29, 0.717) is 12.3 Å². The third-order valence-corrected chi connectivity index (χ3v) is 1.55. The number of ether oxygens (including phenoxy) is 1. The molecular weight excluding hydrogens is 194 g/mol. The number of rotatable bonds is 2. The van der Waals surface area contributed by atoms with Gasteiger partial charge in [-0.1, -0.05) is 13.8 Å². The highest BCUT2D eigenvalue weighted by Gasteiger charge is 2.15. The molecule has 5 heteroatoms. The second-order valence-electron chi connectivity index (χ2n) is 2.44. The highest BCUT2D eigenvalue weighted by atomic mass is 16.5. The second-order valence-corrected chi connectivity index (χ2v) is 2.44. The molecule has 0 aliphatic heterocycles. The van der Waals surface area contributed by atoms with Crippen LogP contribution >= 0.6 is 0 Å². The molecule has 5 nitrogen and oxygen atoms in total. The van der Waals surface area contributed by atoms with Gasteiger partial charge in [-0.05, 0) is 13.8 Å². The maximum absolute atomic E-state index is 11.3. The van der Waals surface area contributed by atoms with E-state index in [1.807, 2.05) is 13.8 Å². The van der Waals surface area contributed by atoms with Crippen LogP contribution in [-0.4, -0.2) is 22.5 Å². The van der Waals surface area contributed by atoms with Crippen LogP contribution in [0, 0.1) is 6.92 Å². The molecule has 0 aliphatic carbocycles. The fourth-order valence-electron chi connectivity index (χ4n) is 0.948. The molecule has 1 aromatic rings. The number of anilines is 1. The molecule has 0 amide bonds. The van der Waals surface area contributed by atoms with E-state index in [4.69, 9.17) is 10.5 Å². The molecule has 0 atom stereocenters. The quantitative estimate of drug-likeness (QED) is 0.751. The van der Waals surface area contributed by atoms with Gasteiger partial charge in [0.1, 0.15) is 17.7 Å². The minimum absolute atomic E-state index is 0.158. The summed E-state index contributed by atoms with van der Waals surface area (Å²) in [5, 5.41) is 0. The number of esters is 1. The summed E-state index contributed by atoms with van der Waals surface area (Å²) in [5.41, 5.74) is 6.29. The summed E-state index contributed by atoms with van der Waals surface area (Å²) in [5.74, 6) is -0.316. The van der Waals surface area contributed by atoms with Gasteiger partial charge in [-0.15, -0.1) is 0 Å². The van der Waals surface area contributed by atoms with Gasteiger partial charge in [-0.25, -0.2) is 14.8 Å². The Hall–Kier alpha value is -1.65. The zero-order chi connectivity index (χ0) is 11.8. The predicted molar refractivity (Wildman–Crippen MR) is 58.5 cm³/mol. The number of hydrogen-bond acceptors (Lipinski definition) is 5. The lowest BCUT2D eigenvalue weighted by Crippen LogP contribution is -2.12. The van der Waals surface area contributed by atoms with E-state index in [-0.39, 0.29) is 11.4 Å². The Bertz CT molecular complexity index is 306. The summed E-state index contributed by atoms with van der Waals surface area (Å²) in [7, 11) is 0. The third kappa shape index (κ3) is 3.53. The van der Waals surface area contributed by atoms with E-state index < -0.39 is 5.97 Å². The van der Waals surface area contributed by atoms with Gasteiger partial charge in [0.05, 0.1) is 12.3 Å². The van der Waals surface area contributed by atoms with Crippen LogP contribution in [0.4, 0.5) is 5.82 Å². The lowest BCUT2D eigenvalue weighted by atomic mass is 10.2. The van der Waals surface area contributed by atoms with E-state index in [1.54, 1.807) is 13.8 Å². The normalized spacial score (nSPS) is 8.80. The van der Waals surface area contributed by atoms with E-state index >= 15 is 0 Å². The highest BCUT2D eigenvalue weighted by molar-refractivity contribution is 5.95. The van der Waals surface area contributed by atoms with Crippen molar-refractivity contribution in [1.82, 2.24) is 9.97 Å². The van der Waals surface area contributed by atoms with Gasteiger partial charge in [0.2, 0.25) is 0 Å². The average molecular weight is 211 g/mol. The minimum Gasteiger partial charge on any atom is -0.462 e. The van der Waals surface area contributed by atoms with Gasteiger partial charge in [-0.2, -0.15) is 0 Å². The maximum atomic E-state index is 11.3. The van der Waals surface area contributed by atoms with Crippen molar-refractivity contribution in [2.24, 2.45) is 0 Å². The fourth-order valence-corrected chi connectivity index (χ4v) is 0.948. The largest absolute Gasteiger partial charge is 0.462 e. The van der Waals surface area contributed by atoms with Crippen molar-refractivity contribution >= 4 is 11.8 Å². The molecule has 0 fully saturated rings. The van der Waals surface area contributed by atoms with Crippen LogP contribution in [0.2, 0.25) is 0 Å². The van der Waals surface area contributed by atoms with Crippen molar-refractivity contribution in [2.45, 2.75) is 27.7 Å². The second kappa shape index (κ2) is 6.75. The molecule has 0 saturated heterocycles. The summed E-state index contributed by atoms with van der Waals surface area (Å²) in [6.45, 7) is 7.73. The average Bonchev–Trinajstić information content (AvgIpc) is 2.21. The zero-order valence-electron chi connectivity index (χ0n) is 9.57. The van der Waals surface area contributed by atoms with E-state index in [0.717, 1.165) is 0 Å². The lowest BCUT2D eigenvalue weighted by molar-refractivity contribution is 0.0526. The predicted octanol–water partition coefficient (Wildman–Crippen LogP) is 1.57. The number of carbonyl (C=O) groups is 1. The number of hydrogen-bond donors (Lipinski definition) is 1. The number of nitrogens with two attached hydrogens (primary N) is 1. The highest BCUT2D eigenvalue weighted by Crippen LogP contribution is 2.11. The van der Waals surface area contributed by atoms with E-state index in [9.17, 15) is 4.79 Å². The summed E-state index contributed by atoms with van der Waals surface area (Å²) in [6.07, 6.45) is 1.31. The molecule has 0 radical (unpaired) electrons. The van der Waals surface area contributed by atoms with Gasteiger partial charge in [-0.3, -0.25) is 0 Å². The molecule has 0 spiro atoms. The number of aryl methyl sites for hydroxylation is 1. The molecule has 0 saturated carbocycles. The lowest BCUT2D eigenvalue weighted by Gasteiger charge is -2.05. The van der Waals surface area contributed by atoms with Crippen LogP contribution in [-0.2, 0) is 4.74 Å². The Morgan fingerprint density at radius 3 is 2.53 bits per heavy atom. The zero-order valence-corrected chi connectivity index (χ0v) is 9.57. The van der Waals surface area contributed by atoms with Crippen LogP contribution in [0.5, 0.6) is 0 Å². The Morgan fingerprint density at radius 1 is 1.47 bits per heavy atom. The van der Waals surface area contributed by atoms with Gasteiger partial charge < -0.3 is 10.5 Å². The molecule has 0 bridgehead atoms. The van der Waals surface area contributed by atoms with Gasteiger partial charge in [0, 0.05) is 0 Å². The fraction of sp³-hybridized carbons (Fsp3) is 0.500. The van der Waals surface area contributed by atoms with Gasteiger partial charge in [0.25, 0.3) is 0 Å². The molecule has 1 aromatic heterocycles. The maximum Gasteiger partial charge on any atom is 0.343 e. The number of carbonyl (C=O) groups excluding carboxylic acids is 1. The van der Waals surface area contributed by atoms with Crippen molar-refractivity contribution < 1.29 is 9.53 Å². The van der Waals surface area contributed by atoms with Crippen LogP contribution in [0.3, 0.4) is 0 Å². The van der Waals surface area contributed by atoms with Gasteiger partial charge >= 0.3 is 5.97 Å². The first-order valence-electron chi connectivity index (χ1n) is 4.91. The Kier molecular flexibility index (Phi) is 6.01. The summed E-state index contributed by atoms with van der Waals surface area (Å²) < 4.78 is 4.79. The van der Waals surface area contributed by atoms with Crippen LogP contribution in [0.15, 0.2) is 6.33 Å². The van der Waals surface area contributed by atoms with Crippen molar-refractivity contribution in [2.75, 3.05) is 12.3 Å². The Balaban J connectivity index is 0.000000921. The van der Waals surface area contributed by atoms with E-state index in [1.165, 1.54) is 6.33 Å². The van der Waals surface area contributed by atoms with E-state index in [2.05, 4.69) is 9.97 Å². The van der Waals surface area contributed by atoms with Crippen molar-refractivity contribution in [1.29, 1.82) is 0 Å². The van der Waals surface area contributed by atoms with Crippen LogP contribution < -0.4 is 5.73 Å². The Labute approximate surface area is 89.7 Å². The molecule has 0 unspecified atom stereocenters. The molecule has 84 valence electrons. The first-order valence-corrected chi connectivity index (χ1v) is 4.91. The molecule has 0 aliphatic rings. The molecular formula is C10H17N3O2. The Morgan fingerprint density at radius 2 is 2.07 bits per heavy atom. The van der Waals surface area contributed by atoms with Crippen LogP contribution in [0.1, 0.15) is 36.8 Å². The summed E-state index contributed by atoms with van der Waals surface area (Å²) >= 11 is 0. The SMILES string of the molecule is CC.CCOC(=O)c1c(C)ncnc1N. The monoisotopic (exact) mass is 211 g/mol. The smallest absolute Gasteiger partial charge is 0.343 e. The van der Waals surface area contributed by atoms with Crippen molar-refractivity contribution in [3.63, 3.8) is 0 Å². The number of nitrogens with zero attached hydrogens (tertiary/aromatic N) is 2. The van der Waals surface area contributed by atoms with Gasteiger partial charge in [0.15, 0.2) is 0 Å². The standard InChI is InChI=1S/C8H11N3O2.C2H6/c1-3-13-8(12)6-5(2)10-4-11-7(6)9;1-2/h4H,3H2,1-2H3,(H2,9,10,11);1-2H3. The van der Waals surface area contributed by atoms with Crippen molar-refractivity contribution in [3.05, 3.63) is 17.6 Å². The first kappa shape index (κ1) is 13.4. The number of nitrogen functional groups attached to an aromatic ring is 1. The summed E-state index contributed by atoms with van der Waals surface area (Å²) in [4.78, 5) is 18.9. The number of aromatic nitrogens is 2. The molecule has 2 N–H and O–H groups in total. The molecule has 1 rings (SSSR count).